The maximum absolute atomic E-state index is 11.5. The lowest BCUT2D eigenvalue weighted by molar-refractivity contribution is 0.141. The maximum Gasteiger partial charge on any atom is 0.346 e. The molecule has 0 radical (unpaired) electrons. The predicted molar refractivity (Wildman–Crippen MR) is 81.1 cm³/mol. The number of hydrogen-bond donors (Lipinski definition) is 3. The summed E-state index contributed by atoms with van der Waals surface area (Å²) in [6, 6.07) is -0.604. The zero-order valence-electron chi connectivity index (χ0n) is 11.2. The molecule has 0 fully saturated rings. The number of hydrogen-bond acceptors (Lipinski definition) is 3. The van der Waals surface area contributed by atoms with E-state index in [0.29, 0.717) is 12.5 Å². The summed E-state index contributed by atoms with van der Waals surface area (Å²) in [6.07, 6.45) is 6.70. The molecule has 0 rings (SSSR count). The Kier molecular flexibility index (Phi) is 10.4. The Morgan fingerprint density at radius 1 is 1.33 bits per heavy atom. The number of thiol groups is 1. The Labute approximate surface area is 120 Å². The molecular weight excluding hydrogens is 268 g/mol. The van der Waals surface area contributed by atoms with Gasteiger partial charge in [-0.3, -0.25) is 10.1 Å². The van der Waals surface area contributed by atoms with Crippen LogP contribution < -0.4 is 5.48 Å². The lowest BCUT2D eigenvalue weighted by atomic mass is 9.95. The fourth-order valence-corrected chi connectivity index (χ4v) is 2.21. The highest BCUT2D eigenvalue weighted by molar-refractivity contribution is 8.11. The molecule has 2 amide bonds. The standard InChI is InChI=1S/C12H24N2O2S2/c1-3-5-7-10(8-6-4-2)9-14(12(17)18)11(15)13-16/h10,16H,3-9H2,1-2H3,(H,13,15)(H,17,18). The molecular formula is C12H24N2O2S2. The molecule has 2 N–H and O–H groups in total. The van der Waals surface area contributed by atoms with Gasteiger partial charge in [0.25, 0.3) is 0 Å². The second kappa shape index (κ2) is 10.6. The van der Waals surface area contributed by atoms with Crippen LogP contribution in [0.1, 0.15) is 52.4 Å². The molecule has 4 nitrogen and oxygen atoms in total. The second-order valence-corrected chi connectivity index (χ2v) is 5.57. The summed E-state index contributed by atoms with van der Waals surface area (Å²) in [5.74, 6) is 0.410. The van der Waals surface area contributed by atoms with E-state index in [4.69, 9.17) is 17.4 Å². The highest BCUT2D eigenvalue weighted by atomic mass is 32.1. The molecule has 0 saturated carbocycles. The van der Waals surface area contributed by atoms with Crippen molar-refractivity contribution in [3.63, 3.8) is 0 Å². The lowest BCUT2D eigenvalue weighted by Gasteiger charge is -2.25. The van der Waals surface area contributed by atoms with Crippen LogP contribution in [-0.4, -0.2) is 27.0 Å². The summed E-state index contributed by atoms with van der Waals surface area (Å²) in [6.45, 7) is 4.82. The lowest BCUT2D eigenvalue weighted by Crippen LogP contribution is -2.42. The van der Waals surface area contributed by atoms with Crippen LogP contribution in [-0.2, 0) is 0 Å². The van der Waals surface area contributed by atoms with Gasteiger partial charge in [0.2, 0.25) is 0 Å². The number of carbonyl (C=O) groups is 1. The number of carbonyl (C=O) groups excluding carboxylic acids is 1. The van der Waals surface area contributed by atoms with E-state index in [1.807, 2.05) is 0 Å². The van der Waals surface area contributed by atoms with Crippen LogP contribution in [0, 0.1) is 5.92 Å². The molecule has 0 aliphatic heterocycles. The van der Waals surface area contributed by atoms with Gasteiger partial charge in [-0.1, -0.05) is 51.7 Å². The minimum absolute atomic E-state index is 0.194. The van der Waals surface area contributed by atoms with E-state index < -0.39 is 6.03 Å². The van der Waals surface area contributed by atoms with Crippen molar-refractivity contribution in [1.29, 1.82) is 0 Å². The normalized spacial score (nSPS) is 10.5. The molecule has 0 aliphatic rings. The van der Waals surface area contributed by atoms with E-state index in [2.05, 4.69) is 26.5 Å². The molecule has 106 valence electrons. The number of thiocarbonyl (C=S) groups is 1. The Morgan fingerprint density at radius 2 is 1.83 bits per heavy atom. The van der Waals surface area contributed by atoms with Crippen LogP contribution in [0.25, 0.3) is 0 Å². The average Bonchev–Trinajstić information content (AvgIpc) is 2.36. The van der Waals surface area contributed by atoms with E-state index in [1.165, 1.54) is 4.90 Å². The third-order valence-electron chi connectivity index (χ3n) is 2.94. The summed E-state index contributed by atoms with van der Waals surface area (Å²) in [5, 5.41) is 8.68. The Balaban J connectivity index is 4.47. The van der Waals surface area contributed by atoms with Crippen LogP contribution >= 0.6 is 24.8 Å². The molecule has 0 saturated heterocycles. The first kappa shape index (κ1) is 17.7. The summed E-state index contributed by atoms with van der Waals surface area (Å²) < 4.78 is 0.194. The van der Waals surface area contributed by atoms with Gasteiger partial charge in [0.05, 0.1) is 0 Å². The van der Waals surface area contributed by atoms with Crippen molar-refractivity contribution in [3.05, 3.63) is 0 Å². The van der Waals surface area contributed by atoms with E-state index in [0.717, 1.165) is 38.5 Å². The highest BCUT2D eigenvalue weighted by Crippen LogP contribution is 2.18. The first-order valence-corrected chi connectivity index (χ1v) is 7.36. The van der Waals surface area contributed by atoms with Crippen molar-refractivity contribution in [2.45, 2.75) is 52.4 Å². The molecule has 18 heavy (non-hydrogen) atoms. The van der Waals surface area contributed by atoms with Crippen molar-refractivity contribution in [2.75, 3.05) is 6.54 Å². The Morgan fingerprint density at radius 3 is 2.17 bits per heavy atom. The van der Waals surface area contributed by atoms with Crippen LogP contribution in [0.5, 0.6) is 0 Å². The predicted octanol–water partition coefficient (Wildman–Crippen LogP) is 3.60. The van der Waals surface area contributed by atoms with Gasteiger partial charge in [-0.05, 0) is 18.8 Å². The summed E-state index contributed by atoms with van der Waals surface area (Å²) in [5.41, 5.74) is 1.61. The summed E-state index contributed by atoms with van der Waals surface area (Å²) in [4.78, 5) is 12.8. The van der Waals surface area contributed by atoms with Gasteiger partial charge in [0, 0.05) is 6.54 Å². The van der Waals surface area contributed by atoms with Crippen molar-refractivity contribution in [1.82, 2.24) is 10.4 Å². The zero-order chi connectivity index (χ0) is 14.0. The number of hydroxylamine groups is 1. The number of nitrogens with zero attached hydrogens (tertiary/aromatic N) is 1. The number of nitrogens with one attached hydrogen (secondary N) is 1. The Bertz CT molecular complexity index is 254. The highest BCUT2D eigenvalue weighted by Gasteiger charge is 2.20. The molecule has 0 spiro atoms. The molecule has 0 unspecified atom stereocenters. The summed E-state index contributed by atoms with van der Waals surface area (Å²) in [7, 11) is 0. The maximum atomic E-state index is 11.5. The van der Waals surface area contributed by atoms with Crippen LogP contribution in [0.2, 0.25) is 0 Å². The van der Waals surface area contributed by atoms with E-state index in [-0.39, 0.29) is 4.32 Å². The largest absolute Gasteiger partial charge is 0.346 e. The monoisotopic (exact) mass is 292 g/mol. The van der Waals surface area contributed by atoms with Gasteiger partial charge in [-0.15, -0.1) is 12.6 Å². The molecule has 0 aromatic heterocycles. The number of urea groups is 1. The molecule has 0 heterocycles. The van der Waals surface area contributed by atoms with Crippen molar-refractivity contribution in [2.24, 2.45) is 5.92 Å². The van der Waals surface area contributed by atoms with E-state index >= 15 is 0 Å². The van der Waals surface area contributed by atoms with Gasteiger partial charge in [0.15, 0.2) is 0 Å². The van der Waals surface area contributed by atoms with Gasteiger partial charge >= 0.3 is 6.03 Å². The van der Waals surface area contributed by atoms with Gasteiger partial charge < -0.3 is 0 Å². The molecule has 0 aromatic carbocycles. The minimum Gasteiger partial charge on any atom is -0.287 e. The third-order valence-corrected chi connectivity index (χ3v) is 3.41. The van der Waals surface area contributed by atoms with E-state index in [9.17, 15) is 4.79 Å². The fourth-order valence-electron chi connectivity index (χ4n) is 1.88. The smallest absolute Gasteiger partial charge is 0.287 e. The average molecular weight is 292 g/mol. The Hall–Kier alpha value is -0.330. The van der Waals surface area contributed by atoms with E-state index in [1.54, 1.807) is 5.48 Å². The molecule has 0 atom stereocenters. The SMILES string of the molecule is CCCCC(CCCC)CN(C(=O)NO)C(=S)S. The molecule has 0 aromatic rings. The topological polar surface area (TPSA) is 52.6 Å². The van der Waals surface area contributed by atoms with Crippen molar-refractivity contribution >= 4 is 35.2 Å². The van der Waals surface area contributed by atoms with Crippen LogP contribution in [0.4, 0.5) is 4.79 Å². The first-order chi connectivity index (χ1) is 8.56. The number of rotatable bonds is 8. The van der Waals surface area contributed by atoms with Gasteiger partial charge in [-0.2, -0.15) is 0 Å². The zero-order valence-corrected chi connectivity index (χ0v) is 12.9. The molecule has 6 heteroatoms. The first-order valence-electron chi connectivity index (χ1n) is 6.51. The fraction of sp³-hybridized carbons (Fsp3) is 0.833. The summed E-state index contributed by atoms with van der Waals surface area (Å²) >= 11 is 8.95. The van der Waals surface area contributed by atoms with Crippen molar-refractivity contribution < 1.29 is 10.0 Å². The van der Waals surface area contributed by atoms with Crippen molar-refractivity contribution in [3.8, 4) is 0 Å². The van der Waals surface area contributed by atoms with Crippen LogP contribution in [0.3, 0.4) is 0 Å². The quantitative estimate of drug-likeness (QED) is 0.277. The minimum atomic E-state index is -0.604. The van der Waals surface area contributed by atoms with Gasteiger partial charge in [0.1, 0.15) is 4.32 Å². The number of unbranched alkanes of at least 4 members (excludes halogenated alkanes) is 2. The second-order valence-electron chi connectivity index (χ2n) is 4.46. The number of amides is 2. The molecule has 0 aliphatic carbocycles. The molecule has 0 bridgehead atoms. The third kappa shape index (κ3) is 7.18. The van der Waals surface area contributed by atoms with Gasteiger partial charge in [-0.25, -0.2) is 10.3 Å². The van der Waals surface area contributed by atoms with Crippen LogP contribution in [0.15, 0.2) is 0 Å².